The van der Waals surface area contributed by atoms with Gasteiger partial charge in [0.2, 0.25) is 0 Å². The molecule has 1 aromatic heterocycles. The number of carbonyl (C=O) groups is 1. The first-order chi connectivity index (χ1) is 16.2. The summed E-state index contributed by atoms with van der Waals surface area (Å²) in [4.78, 5) is 13.3. The Labute approximate surface area is 198 Å². The van der Waals surface area contributed by atoms with Crippen LogP contribution in [0.5, 0.6) is 0 Å². The topological polar surface area (TPSA) is 135 Å². The average molecular weight is 500 g/mol. The summed E-state index contributed by atoms with van der Waals surface area (Å²) >= 11 is 0.946. The Morgan fingerprint density at radius 1 is 1.21 bits per heavy atom. The largest absolute Gasteiger partial charge is 0.388 e. The van der Waals surface area contributed by atoms with Gasteiger partial charge in [-0.2, -0.15) is 5.26 Å². The fourth-order valence-corrected chi connectivity index (χ4v) is 5.33. The third-order valence-electron chi connectivity index (χ3n) is 5.03. The molecule has 0 spiro atoms. The lowest BCUT2D eigenvalue weighted by molar-refractivity contribution is 0.180. The number of amides is 2. The summed E-state index contributed by atoms with van der Waals surface area (Å²) in [6.07, 6.45) is 0.0868. The van der Waals surface area contributed by atoms with E-state index in [1.807, 2.05) is 4.72 Å². The highest BCUT2D eigenvalue weighted by Crippen LogP contribution is 2.38. The van der Waals surface area contributed by atoms with Crippen LogP contribution in [0, 0.1) is 17.1 Å². The van der Waals surface area contributed by atoms with Gasteiger partial charge in [-0.15, -0.1) is 11.3 Å². The number of allylic oxidation sites excluding steroid dienone is 1. The number of hydrogen-bond acceptors (Lipinski definition) is 8. The normalized spacial score (nSPS) is 15.1. The summed E-state index contributed by atoms with van der Waals surface area (Å²) in [6.45, 7) is 0. The van der Waals surface area contributed by atoms with Gasteiger partial charge >= 0.3 is 6.03 Å². The van der Waals surface area contributed by atoms with E-state index in [0.29, 0.717) is 11.1 Å². The molecule has 1 aliphatic heterocycles. The summed E-state index contributed by atoms with van der Waals surface area (Å²) in [5, 5.41) is 27.2. The number of nitriles is 1. The monoisotopic (exact) mass is 499 g/mol. The number of benzene rings is 2. The zero-order chi connectivity index (χ0) is 24.5. The van der Waals surface area contributed by atoms with Crippen LogP contribution in [0.25, 0.3) is 5.57 Å². The van der Waals surface area contributed by atoms with Crippen LogP contribution >= 0.6 is 11.3 Å². The van der Waals surface area contributed by atoms with Gasteiger partial charge in [-0.1, -0.05) is 12.1 Å². The Balaban J connectivity index is 1.56. The predicted octanol–water partition coefficient (Wildman–Crippen LogP) is 3.81. The molecule has 0 fully saturated rings. The molecule has 2 amide bonds. The third kappa shape index (κ3) is 4.44. The van der Waals surface area contributed by atoms with Crippen molar-refractivity contribution < 1.29 is 22.7 Å². The molecule has 4 N–H and O–H groups in total. The molecule has 1 atom stereocenters. The number of aliphatic hydroxyl groups is 1. The molecule has 34 heavy (non-hydrogen) atoms. The molecule has 174 valence electrons. The van der Waals surface area contributed by atoms with Gasteiger partial charge in [-0.3, -0.25) is 0 Å². The Kier molecular flexibility index (Phi) is 6.25. The first-order valence-corrected chi connectivity index (χ1v) is 12.2. The van der Waals surface area contributed by atoms with E-state index in [0.717, 1.165) is 23.1 Å². The molecule has 3 aromatic rings. The minimum atomic E-state index is -4.04. The lowest BCUT2D eigenvalue weighted by Gasteiger charge is -2.32. The number of anilines is 3. The van der Waals surface area contributed by atoms with Crippen molar-refractivity contribution >= 4 is 50.0 Å². The van der Waals surface area contributed by atoms with Crippen LogP contribution in [0.2, 0.25) is 0 Å². The molecule has 9 nitrogen and oxygen atoms in total. The maximum absolute atomic E-state index is 15.0. The van der Waals surface area contributed by atoms with Crippen LogP contribution in [-0.2, 0) is 10.0 Å². The molecular weight excluding hydrogens is 481 g/mol. The first-order valence-electron chi connectivity index (χ1n) is 9.81. The Morgan fingerprint density at radius 2 is 1.97 bits per heavy atom. The van der Waals surface area contributed by atoms with Gasteiger partial charge in [0.15, 0.2) is 6.23 Å². The highest BCUT2D eigenvalue weighted by atomic mass is 32.2. The highest BCUT2D eigenvalue weighted by molar-refractivity contribution is 7.92. The number of sulfonamides is 1. The van der Waals surface area contributed by atoms with Gasteiger partial charge in [0.25, 0.3) is 10.0 Å². The second-order valence-corrected chi connectivity index (χ2v) is 10.0. The number of nitrogens with one attached hydrogen (secondary N) is 3. The van der Waals surface area contributed by atoms with Crippen LogP contribution in [0.3, 0.4) is 0 Å². The van der Waals surface area contributed by atoms with E-state index in [4.69, 9.17) is 0 Å². The number of thiophene rings is 1. The van der Waals surface area contributed by atoms with Crippen LogP contribution in [-0.4, -0.2) is 26.6 Å². The van der Waals surface area contributed by atoms with Crippen molar-refractivity contribution in [3.8, 4) is 6.07 Å². The fraction of sp³-hybridized carbons (Fsp3) is 0.0909. The molecule has 0 radical (unpaired) electrons. The van der Waals surface area contributed by atoms with Crippen molar-refractivity contribution in [2.24, 2.45) is 0 Å². The van der Waals surface area contributed by atoms with E-state index in [-0.39, 0.29) is 21.2 Å². The SMILES string of the molecule is CNc1ccc2c(c1)C(C#N)=CN(c1ccc(NC(=O)NS(=O)(=O)c3cccs3)cc1F)C2O. The number of nitrogens with zero attached hydrogens (tertiary/aromatic N) is 2. The number of carbonyl (C=O) groups excluding carboxylic acids is 1. The number of hydrogen-bond donors (Lipinski definition) is 4. The molecular formula is C22H18FN5O4S2. The zero-order valence-corrected chi connectivity index (χ0v) is 19.2. The van der Waals surface area contributed by atoms with Crippen molar-refractivity contribution in [2.75, 3.05) is 22.6 Å². The van der Waals surface area contributed by atoms with E-state index in [2.05, 4.69) is 16.7 Å². The molecule has 0 saturated heterocycles. The number of urea groups is 1. The quantitative estimate of drug-likeness (QED) is 0.419. The van der Waals surface area contributed by atoms with Crippen molar-refractivity contribution in [3.63, 3.8) is 0 Å². The summed E-state index contributed by atoms with van der Waals surface area (Å²) in [5.41, 5.74) is 1.90. The Morgan fingerprint density at radius 3 is 2.62 bits per heavy atom. The number of aliphatic hydroxyl groups excluding tert-OH is 1. The fourth-order valence-electron chi connectivity index (χ4n) is 3.43. The molecule has 4 rings (SSSR count). The van der Waals surface area contributed by atoms with E-state index in [1.54, 1.807) is 30.6 Å². The predicted molar refractivity (Wildman–Crippen MR) is 127 cm³/mol. The van der Waals surface area contributed by atoms with Crippen molar-refractivity contribution in [1.29, 1.82) is 5.26 Å². The van der Waals surface area contributed by atoms with Crippen molar-refractivity contribution in [1.82, 2.24) is 4.72 Å². The lowest BCUT2D eigenvalue weighted by Crippen LogP contribution is -2.34. The maximum Gasteiger partial charge on any atom is 0.333 e. The van der Waals surface area contributed by atoms with Gasteiger partial charge in [-0.05, 0) is 41.8 Å². The van der Waals surface area contributed by atoms with E-state index < -0.39 is 28.1 Å². The third-order valence-corrected chi connectivity index (χ3v) is 7.76. The molecule has 0 bridgehead atoms. The second kappa shape index (κ2) is 9.14. The Hall–Kier alpha value is -3.92. The van der Waals surface area contributed by atoms with Crippen LogP contribution in [0.4, 0.5) is 26.2 Å². The minimum Gasteiger partial charge on any atom is -0.388 e. The summed E-state index contributed by atoms with van der Waals surface area (Å²) in [7, 11) is -2.31. The Bertz CT molecular complexity index is 1430. The number of rotatable bonds is 5. The maximum atomic E-state index is 15.0. The summed E-state index contributed by atoms with van der Waals surface area (Å²) < 4.78 is 41.1. The average Bonchev–Trinajstić information content (AvgIpc) is 3.35. The van der Waals surface area contributed by atoms with Gasteiger partial charge in [0.05, 0.1) is 11.3 Å². The summed E-state index contributed by atoms with van der Waals surface area (Å²) in [5.74, 6) is -0.804. The van der Waals surface area contributed by atoms with Gasteiger partial charge in [0.1, 0.15) is 16.1 Å². The van der Waals surface area contributed by atoms with E-state index >= 15 is 0 Å². The summed E-state index contributed by atoms with van der Waals surface area (Å²) in [6, 6.07) is 12.6. The van der Waals surface area contributed by atoms with E-state index in [9.17, 15) is 28.0 Å². The zero-order valence-electron chi connectivity index (χ0n) is 17.6. The molecule has 2 heterocycles. The van der Waals surface area contributed by atoms with Crippen molar-refractivity contribution in [2.45, 2.75) is 10.4 Å². The van der Waals surface area contributed by atoms with Gasteiger partial charge < -0.3 is 20.6 Å². The number of halogens is 1. The molecule has 1 aliphatic rings. The van der Waals surface area contributed by atoms with E-state index in [1.165, 1.54) is 35.4 Å². The molecule has 0 saturated carbocycles. The lowest BCUT2D eigenvalue weighted by atomic mass is 9.95. The molecule has 12 heteroatoms. The van der Waals surface area contributed by atoms with Crippen molar-refractivity contribution in [3.05, 3.63) is 77.1 Å². The molecule has 0 aliphatic carbocycles. The molecule has 2 aromatic carbocycles. The van der Waals surface area contributed by atoms with Gasteiger partial charge in [0, 0.05) is 35.7 Å². The van der Waals surface area contributed by atoms with Crippen LogP contribution in [0.15, 0.2) is 64.3 Å². The molecule has 1 unspecified atom stereocenters. The van der Waals surface area contributed by atoms with Crippen LogP contribution in [0.1, 0.15) is 17.4 Å². The standard InChI is InChI=1S/C22H18FN5O4S2/c1-25-14-4-6-16-17(9-14)13(11-24)12-28(21(16)29)19-7-5-15(10-18(19)23)26-22(30)27-34(31,32)20-3-2-8-33-20/h2-10,12,21,25,29H,1H3,(H2,26,27,30). The smallest absolute Gasteiger partial charge is 0.333 e. The first kappa shape index (κ1) is 23.2. The minimum absolute atomic E-state index is 0.00447. The highest BCUT2D eigenvalue weighted by Gasteiger charge is 2.29. The number of fused-ring (bicyclic) bond motifs is 1. The van der Waals surface area contributed by atoms with Crippen LogP contribution < -0.4 is 20.3 Å². The second-order valence-electron chi connectivity index (χ2n) is 7.15. The van der Waals surface area contributed by atoms with Gasteiger partial charge in [-0.25, -0.2) is 22.3 Å².